The fourth-order valence-electron chi connectivity index (χ4n) is 2.11. The molecule has 0 aliphatic carbocycles. The summed E-state index contributed by atoms with van der Waals surface area (Å²) in [4.78, 5) is 12.4. The standard InChI is InChI=1S/C17H24O4/c1-5-14-7-9-15(10-8-14)11-21-16(18)17(6-2,12-19-3)13-20-4/h5,7-10H,1,6,11-13H2,2-4H3. The van der Waals surface area contributed by atoms with Crippen LogP contribution < -0.4 is 0 Å². The first-order valence-corrected chi connectivity index (χ1v) is 6.98. The van der Waals surface area contributed by atoms with E-state index in [-0.39, 0.29) is 25.8 Å². The third-order valence-electron chi connectivity index (χ3n) is 3.54. The van der Waals surface area contributed by atoms with Gasteiger partial charge in [0.15, 0.2) is 0 Å². The minimum atomic E-state index is -0.745. The molecule has 0 saturated carbocycles. The number of hydrogen-bond donors (Lipinski definition) is 0. The summed E-state index contributed by atoms with van der Waals surface area (Å²) in [5.74, 6) is -0.290. The zero-order valence-corrected chi connectivity index (χ0v) is 13.1. The molecule has 0 unspecified atom stereocenters. The molecule has 0 fully saturated rings. The molecule has 0 bridgehead atoms. The maximum atomic E-state index is 12.4. The Balaban J connectivity index is 2.69. The number of carbonyl (C=O) groups excluding carboxylic acids is 1. The molecule has 4 heteroatoms. The maximum absolute atomic E-state index is 12.4. The van der Waals surface area contributed by atoms with Crippen molar-refractivity contribution in [2.75, 3.05) is 27.4 Å². The lowest BCUT2D eigenvalue weighted by Gasteiger charge is -2.28. The Morgan fingerprint density at radius 2 is 1.76 bits per heavy atom. The van der Waals surface area contributed by atoms with Crippen molar-refractivity contribution in [1.82, 2.24) is 0 Å². The van der Waals surface area contributed by atoms with E-state index in [2.05, 4.69) is 6.58 Å². The van der Waals surface area contributed by atoms with E-state index in [1.54, 1.807) is 20.3 Å². The molecule has 1 rings (SSSR count). The number of benzene rings is 1. The molecule has 116 valence electrons. The lowest BCUT2D eigenvalue weighted by atomic mass is 9.87. The quantitative estimate of drug-likeness (QED) is 0.656. The summed E-state index contributed by atoms with van der Waals surface area (Å²) in [6.07, 6.45) is 2.37. The van der Waals surface area contributed by atoms with Gasteiger partial charge < -0.3 is 14.2 Å². The highest BCUT2D eigenvalue weighted by Gasteiger charge is 2.38. The topological polar surface area (TPSA) is 44.8 Å². The highest BCUT2D eigenvalue weighted by molar-refractivity contribution is 5.77. The molecule has 0 amide bonds. The number of methoxy groups -OCH3 is 2. The van der Waals surface area contributed by atoms with Gasteiger partial charge in [0.25, 0.3) is 0 Å². The first-order chi connectivity index (χ1) is 10.1. The second-order valence-corrected chi connectivity index (χ2v) is 5.02. The smallest absolute Gasteiger partial charge is 0.317 e. The van der Waals surface area contributed by atoms with Crippen LogP contribution in [0, 0.1) is 5.41 Å². The Bertz CT molecular complexity index is 444. The Morgan fingerprint density at radius 3 is 2.19 bits per heavy atom. The van der Waals surface area contributed by atoms with Crippen LogP contribution in [0.5, 0.6) is 0 Å². The van der Waals surface area contributed by atoms with Gasteiger partial charge in [-0.1, -0.05) is 43.8 Å². The molecule has 1 aromatic rings. The van der Waals surface area contributed by atoms with Gasteiger partial charge in [-0.15, -0.1) is 0 Å². The number of hydrogen-bond acceptors (Lipinski definition) is 4. The summed E-state index contributed by atoms with van der Waals surface area (Å²) < 4.78 is 15.8. The molecule has 1 aromatic carbocycles. The maximum Gasteiger partial charge on any atom is 0.317 e. The van der Waals surface area contributed by atoms with Gasteiger partial charge in [0.05, 0.1) is 13.2 Å². The molecule has 0 N–H and O–H groups in total. The van der Waals surface area contributed by atoms with Gasteiger partial charge in [-0.25, -0.2) is 0 Å². The zero-order chi connectivity index (χ0) is 15.7. The number of esters is 1. The minimum absolute atomic E-state index is 0.242. The number of ether oxygens (including phenoxy) is 3. The monoisotopic (exact) mass is 292 g/mol. The minimum Gasteiger partial charge on any atom is -0.460 e. The highest BCUT2D eigenvalue weighted by atomic mass is 16.5. The Morgan fingerprint density at radius 1 is 1.19 bits per heavy atom. The summed E-state index contributed by atoms with van der Waals surface area (Å²) in [6, 6.07) is 7.72. The Kier molecular flexibility index (Phi) is 7.12. The number of carbonyl (C=O) groups is 1. The van der Waals surface area contributed by atoms with Gasteiger partial charge in [0.2, 0.25) is 0 Å². The first-order valence-electron chi connectivity index (χ1n) is 6.98. The molecule has 0 atom stereocenters. The van der Waals surface area contributed by atoms with Crippen LogP contribution in [-0.4, -0.2) is 33.4 Å². The van der Waals surface area contributed by atoms with Crippen LogP contribution in [0.1, 0.15) is 24.5 Å². The van der Waals surface area contributed by atoms with E-state index in [1.165, 1.54) is 0 Å². The normalized spacial score (nSPS) is 11.2. The Labute approximate surface area is 126 Å². The van der Waals surface area contributed by atoms with Gasteiger partial charge in [0.1, 0.15) is 12.0 Å². The van der Waals surface area contributed by atoms with Crippen molar-refractivity contribution in [3.8, 4) is 0 Å². The average molecular weight is 292 g/mol. The molecule has 0 saturated heterocycles. The third-order valence-corrected chi connectivity index (χ3v) is 3.54. The molecule has 0 aliphatic rings. The highest BCUT2D eigenvalue weighted by Crippen LogP contribution is 2.25. The SMILES string of the molecule is C=Cc1ccc(COC(=O)C(CC)(COC)COC)cc1. The van der Waals surface area contributed by atoms with Crippen molar-refractivity contribution < 1.29 is 19.0 Å². The molecular weight excluding hydrogens is 268 g/mol. The Hall–Kier alpha value is -1.65. The van der Waals surface area contributed by atoms with Gasteiger partial charge in [-0.2, -0.15) is 0 Å². The average Bonchev–Trinajstić information content (AvgIpc) is 2.52. The fraction of sp³-hybridized carbons (Fsp3) is 0.471. The van der Waals surface area contributed by atoms with Crippen LogP contribution in [0.4, 0.5) is 0 Å². The summed E-state index contributed by atoms with van der Waals surface area (Å²) in [7, 11) is 3.14. The van der Waals surface area contributed by atoms with Crippen molar-refractivity contribution in [2.24, 2.45) is 5.41 Å². The van der Waals surface area contributed by atoms with Crippen molar-refractivity contribution in [3.63, 3.8) is 0 Å². The lowest BCUT2D eigenvalue weighted by Crippen LogP contribution is -2.40. The molecule has 0 spiro atoms. The predicted octanol–water partition coefficient (Wildman–Crippen LogP) is 3.06. The van der Waals surface area contributed by atoms with Crippen LogP contribution in [0.25, 0.3) is 6.08 Å². The third kappa shape index (κ3) is 4.69. The molecular formula is C17H24O4. The van der Waals surface area contributed by atoms with E-state index in [9.17, 15) is 4.79 Å². The first kappa shape index (κ1) is 17.4. The van der Waals surface area contributed by atoms with Crippen molar-refractivity contribution in [2.45, 2.75) is 20.0 Å². The summed E-state index contributed by atoms with van der Waals surface area (Å²) in [5, 5.41) is 0. The van der Waals surface area contributed by atoms with Crippen LogP contribution in [0.2, 0.25) is 0 Å². The van der Waals surface area contributed by atoms with E-state index in [0.717, 1.165) is 11.1 Å². The van der Waals surface area contributed by atoms with Crippen molar-refractivity contribution in [1.29, 1.82) is 0 Å². The summed E-state index contributed by atoms with van der Waals surface area (Å²) in [5.41, 5.74) is 1.23. The van der Waals surface area contributed by atoms with Gasteiger partial charge >= 0.3 is 5.97 Å². The number of rotatable bonds is 9. The van der Waals surface area contributed by atoms with E-state index in [1.807, 2.05) is 31.2 Å². The zero-order valence-electron chi connectivity index (χ0n) is 13.1. The van der Waals surface area contributed by atoms with E-state index in [4.69, 9.17) is 14.2 Å². The van der Waals surface area contributed by atoms with Gasteiger partial charge in [0, 0.05) is 14.2 Å². The van der Waals surface area contributed by atoms with Crippen molar-refractivity contribution >= 4 is 12.0 Å². The fourth-order valence-corrected chi connectivity index (χ4v) is 2.11. The predicted molar refractivity (Wildman–Crippen MR) is 82.8 cm³/mol. The lowest BCUT2D eigenvalue weighted by molar-refractivity contribution is -0.165. The van der Waals surface area contributed by atoms with Crippen LogP contribution in [-0.2, 0) is 25.6 Å². The molecule has 0 radical (unpaired) electrons. The van der Waals surface area contributed by atoms with E-state index in [0.29, 0.717) is 6.42 Å². The van der Waals surface area contributed by atoms with E-state index < -0.39 is 5.41 Å². The van der Waals surface area contributed by atoms with Crippen LogP contribution in [0.15, 0.2) is 30.8 Å². The van der Waals surface area contributed by atoms with Gasteiger partial charge in [-0.3, -0.25) is 4.79 Å². The van der Waals surface area contributed by atoms with Crippen LogP contribution >= 0.6 is 0 Å². The molecule has 4 nitrogen and oxygen atoms in total. The largest absolute Gasteiger partial charge is 0.460 e. The summed E-state index contributed by atoms with van der Waals surface area (Å²) >= 11 is 0. The van der Waals surface area contributed by atoms with Gasteiger partial charge in [-0.05, 0) is 17.5 Å². The van der Waals surface area contributed by atoms with E-state index >= 15 is 0 Å². The molecule has 0 aliphatic heterocycles. The summed E-state index contributed by atoms with van der Waals surface area (Å²) in [6.45, 7) is 6.44. The second-order valence-electron chi connectivity index (χ2n) is 5.02. The second kappa shape index (κ2) is 8.60. The molecule has 21 heavy (non-hydrogen) atoms. The molecule has 0 aromatic heterocycles. The molecule has 0 heterocycles. The van der Waals surface area contributed by atoms with Crippen molar-refractivity contribution in [3.05, 3.63) is 42.0 Å². The van der Waals surface area contributed by atoms with Crippen LogP contribution in [0.3, 0.4) is 0 Å².